The molecule has 0 unspecified atom stereocenters. The first-order valence-electron chi connectivity index (χ1n) is 16.3. The van der Waals surface area contributed by atoms with E-state index in [2.05, 4.69) is 123 Å². The van der Waals surface area contributed by atoms with Crippen LogP contribution in [0.15, 0.2) is 132 Å². The van der Waals surface area contributed by atoms with Gasteiger partial charge in [-0.05, 0) is 94.1 Å². The third-order valence-electron chi connectivity index (χ3n) is 8.96. The SMILES string of the molecule is CC(C)c1cccc(C(C)C)c1-c1ccnc(-n2c3ccccc3c3ccc(Oc4cccc(B5Oc6ccccc6S5)c4)cc32)c1. The Bertz CT molecular complexity index is 2220. The average Bonchev–Trinajstić information content (AvgIpc) is 3.67. The van der Waals surface area contributed by atoms with E-state index in [1.807, 2.05) is 36.5 Å². The Morgan fingerprint density at radius 1 is 0.681 bits per heavy atom. The van der Waals surface area contributed by atoms with E-state index >= 15 is 0 Å². The first kappa shape index (κ1) is 29.5. The molecule has 0 spiro atoms. The number of ether oxygens (including phenoxy) is 1. The van der Waals surface area contributed by atoms with Crippen molar-refractivity contribution in [2.24, 2.45) is 0 Å². The van der Waals surface area contributed by atoms with Gasteiger partial charge in [-0.15, -0.1) is 11.6 Å². The largest absolute Gasteiger partial charge is 0.546 e. The van der Waals surface area contributed by atoms with Crippen molar-refractivity contribution in [2.45, 2.75) is 44.4 Å². The molecular formula is C41H35BN2O2S. The predicted molar refractivity (Wildman–Crippen MR) is 197 cm³/mol. The van der Waals surface area contributed by atoms with Gasteiger partial charge in [0.2, 0.25) is 0 Å². The molecule has 3 heterocycles. The molecule has 8 rings (SSSR count). The van der Waals surface area contributed by atoms with Crippen molar-refractivity contribution >= 4 is 45.1 Å². The van der Waals surface area contributed by atoms with Crippen LogP contribution in [0.5, 0.6) is 17.2 Å². The number of para-hydroxylation sites is 2. The number of hydrogen-bond donors (Lipinski definition) is 0. The van der Waals surface area contributed by atoms with Crippen LogP contribution in [0, 0.1) is 0 Å². The van der Waals surface area contributed by atoms with Crippen LogP contribution >= 0.6 is 11.6 Å². The molecule has 4 nitrogen and oxygen atoms in total. The van der Waals surface area contributed by atoms with E-state index in [-0.39, 0.29) is 6.19 Å². The molecule has 0 aliphatic carbocycles. The molecule has 0 amide bonds. The highest BCUT2D eigenvalue weighted by Gasteiger charge is 2.31. The summed E-state index contributed by atoms with van der Waals surface area (Å²) in [5.41, 5.74) is 8.46. The van der Waals surface area contributed by atoms with Crippen molar-refractivity contribution in [1.29, 1.82) is 0 Å². The Balaban J connectivity index is 1.20. The van der Waals surface area contributed by atoms with Gasteiger partial charge in [0, 0.05) is 27.9 Å². The van der Waals surface area contributed by atoms with Crippen molar-refractivity contribution in [2.75, 3.05) is 0 Å². The molecule has 2 aromatic heterocycles. The second kappa shape index (κ2) is 12.0. The summed E-state index contributed by atoms with van der Waals surface area (Å²) in [6.45, 7) is 9.09. The maximum Gasteiger partial charge on any atom is 0.467 e. The summed E-state index contributed by atoms with van der Waals surface area (Å²) < 4.78 is 15.0. The standard InChI is InChI=1S/C41H35BN2O2S/c1-26(2)32-14-10-15-33(27(3)4)41(32)28-21-22-43-40(23-28)44-36-16-6-5-13-34(36)35-20-19-31(25-37(35)44)45-30-12-9-11-29(24-30)42-46-38-17-7-8-18-39(38)47-42/h5-27H,1-4H3. The quantitative estimate of drug-likeness (QED) is 0.164. The van der Waals surface area contributed by atoms with Crippen LogP contribution in [0.25, 0.3) is 38.8 Å². The van der Waals surface area contributed by atoms with Crippen molar-refractivity contribution in [3.8, 4) is 34.2 Å². The van der Waals surface area contributed by atoms with E-state index in [0.717, 1.165) is 49.8 Å². The number of rotatable bonds is 7. The zero-order chi connectivity index (χ0) is 32.1. The van der Waals surface area contributed by atoms with Gasteiger partial charge in [0.05, 0.1) is 11.0 Å². The van der Waals surface area contributed by atoms with Crippen LogP contribution in [0.2, 0.25) is 0 Å². The van der Waals surface area contributed by atoms with E-state index < -0.39 is 0 Å². The van der Waals surface area contributed by atoms with Crippen LogP contribution in [-0.2, 0) is 0 Å². The van der Waals surface area contributed by atoms with Crippen LogP contribution < -0.4 is 14.9 Å². The number of aromatic nitrogens is 2. The van der Waals surface area contributed by atoms with Crippen molar-refractivity contribution in [1.82, 2.24) is 9.55 Å². The summed E-state index contributed by atoms with van der Waals surface area (Å²) >= 11 is 1.72. The van der Waals surface area contributed by atoms with Gasteiger partial charge in [0.15, 0.2) is 0 Å². The molecule has 7 aromatic rings. The molecule has 0 saturated carbocycles. The zero-order valence-corrected chi connectivity index (χ0v) is 27.8. The third kappa shape index (κ3) is 5.37. The Morgan fingerprint density at radius 2 is 1.40 bits per heavy atom. The lowest BCUT2D eigenvalue weighted by Gasteiger charge is -2.20. The second-order valence-electron chi connectivity index (χ2n) is 12.7. The van der Waals surface area contributed by atoms with Gasteiger partial charge in [0.1, 0.15) is 23.1 Å². The van der Waals surface area contributed by atoms with E-state index in [4.69, 9.17) is 14.4 Å². The molecule has 5 aromatic carbocycles. The van der Waals surface area contributed by atoms with Gasteiger partial charge in [-0.1, -0.05) is 88.4 Å². The molecule has 0 atom stereocenters. The van der Waals surface area contributed by atoms with Crippen LogP contribution in [-0.4, -0.2) is 15.7 Å². The maximum absolute atomic E-state index is 6.53. The van der Waals surface area contributed by atoms with E-state index in [0.29, 0.717) is 11.8 Å². The molecule has 1 aliphatic heterocycles. The van der Waals surface area contributed by atoms with Crippen molar-refractivity contribution in [3.05, 3.63) is 139 Å². The molecule has 6 heteroatoms. The molecular weight excluding hydrogens is 595 g/mol. The normalized spacial score (nSPS) is 12.7. The fourth-order valence-corrected chi connectivity index (χ4v) is 7.79. The molecule has 0 radical (unpaired) electrons. The highest BCUT2D eigenvalue weighted by atomic mass is 32.2. The van der Waals surface area contributed by atoms with E-state index in [1.165, 1.54) is 27.6 Å². The molecule has 1 aliphatic rings. The number of pyridine rings is 1. The first-order valence-corrected chi connectivity index (χ1v) is 17.2. The maximum atomic E-state index is 6.53. The molecule has 47 heavy (non-hydrogen) atoms. The topological polar surface area (TPSA) is 36.3 Å². The first-order chi connectivity index (χ1) is 22.9. The smallest absolute Gasteiger partial charge is 0.467 e. The molecule has 0 N–H and O–H groups in total. The summed E-state index contributed by atoms with van der Waals surface area (Å²) in [6, 6.07) is 42.4. The highest BCUT2D eigenvalue weighted by molar-refractivity contribution is 8.26. The lowest BCUT2D eigenvalue weighted by molar-refractivity contribution is 0.483. The van der Waals surface area contributed by atoms with Crippen LogP contribution in [0.4, 0.5) is 0 Å². The predicted octanol–water partition coefficient (Wildman–Crippen LogP) is 10.8. The lowest BCUT2D eigenvalue weighted by atomic mass is 9.85. The van der Waals surface area contributed by atoms with Gasteiger partial charge < -0.3 is 9.39 Å². The van der Waals surface area contributed by atoms with Gasteiger partial charge in [-0.25, -0.2) is 4.98 Å². The third-order valence-corrected chi connectivity index (χ3v) is 10.1. The van der Waals surface area contributed by atoms with Crippen molar-refractivity contribution < 1.29 is 9.39 Å². The molecule has 0 fully saturated rings. The summed E-state index contributed by atoms with van der Waals surface area (Å²) in [6.07, 6.45) is 1.84. The Hall–Kier alpha value is -4.94. The van der Waals surface area contributed by atoms with Crippen LogP contribution in [0.3, 0.4) is 0 Å². The Morgan fingerprint density at radius 3 is 2.21 bits per heavy atom. The van der Waals surface area contributed by atoms with Gasteiger partial charge in [-0.3, -0.25) is 4.57 Å². The summed E-state index contributed by atoms with van der Waals surface area (Å²) in [4.78, 5) is 6.11. The molecule has 230 valence electrons. The zero-order valence-electron chi connectivity index (χ0n) is 27.0. The number of fused-ring (bicyclic) bond motifs is 4. The number of benzene rings is 5. The minimum absolute atomic E-state index is 0.101. The highest BCUT2D eigenvalue weighted by Crippen LogP contribution is 2.40. The van der Waals surface area contributed by atoms with Gasteiger partial charge in [0.25, 0.3) is 0 Å². The van der Waals surface area contributed by atoms with E-state index in [9.17, 15) is 0 Å². The van der Waals surface area contributed by atoms with Crippen LogP contribution in [0.1, 0.15) is 50.7 Å². The lowest BCUT2D eigenvalue weighted by Crippen LogP contribution is -2.30. The molecule has 0 saturated heterocycles. The van der Waals surface area contributed by atoms with Gasteiger partial charge >= 0.3 is 6.19 Å². The van der Waals surface area contributed by atoms with Crippen molar-refractivity contribution in [3.63, 3.8) is 0 Å². The summed E-state index contributed by atoms with van der Waals surface area (Å²) in [5, 5.41) is 2.34. The average molecular weight is 631 g/mol. The number of nitrogens with zero attached hydrogens (tertiary/aromatic N) is 2. The van der Waals surface area contributed by atoms with E-state index in [1.54, 1.807) is 11.6 Å². The summed E-state index contributed by atoms with van der Waals surface area (Å²) in [5.74, 6) is 4.16. The fourth-order valence-electron chi connectivity index (χ4n) is 6.74. The van der Waals surface area contributed by atoms with Gasteiger partial charge in [-0.2, -0.15) is 0 Å². The minimum Gasteiger partial charge on any atom is -0.546 e. The second-order valence-corrected chi connectivity index (χ2v) is 13.8. The minimum atomic E-state index is -0.101. The monoisotopic (exact) mass is 630 g/mol. The fraction of sp³-hybridized carbons (Fsp3) is 0.146. The number of hydrogen-bond acceptors (Lipinski definition) is 4. The molecule has 0 bridgehead atoms. The summed E-state index contributed by atoms with van der Waals surface area (Å²) in [7, 11) is 0. The Kier molecular flexibility index (Phi) is 7.53. The Labute approximate surface area is 280 Å².